The maximum Gasteiger partial charge on any atom is 0.326 e. The van der Waals surface area contributed by atoms with Gasteiger partial charge in [-0.3, -0.25) is 9.59 Å². The normalized spacial score (nSPS) is 19.6. The molecule has 2 aromatic carbocycles. The minimum absolute atomic E-state index is 0.315. The number of fused-ring (bicyclic) bond motifs is 1. The zero-order chi connectivity index (χ0) is 19.2. The van der Waals surface area contributed by atoms with Gasteiger partial charge in [-0.15, -0.1) is 5.10 Å². The molecule has 1 fully saturated rings. The van der Waals surface area contributed by atoms with Crippen LogP contribution in [0.5, 0.6) is 0 Å². The van der Waals surface area contributed by atoms with E-state index >= 15 is 0 Å². The summed E-state index contributed by atoms with van der Waals surface area (Å²) in [6, 6.07) is 13.3. The van der Waals surface area contributed by atoms with Gasteiger partial charge in [0.1, 0.15) is 17.7 Å². The first-order chi connectivity index (χ1) is 12.9. The summed E-state index contributed by atoms with van der Waals surface area (Å²) in [5.41, 5.74) is -0.559. The van der Waals surface area contributed by atoms with Gasteiger partial charge >= 0.3 is 6.03 Å². The van der Waals surface area contributed by atoms with Crippen LogP contribution < -0.4 is 10.9 Å². The summed E-state index contributed by atoms with van der Waals surface area (Å²) in [4.78, 5) is 39.0. The third-order valence-corrected chi connectivity index (χ3v) is 5.07. The first kappa shape index (κ1) is 17.3. The fraction of sp³-hybridized carbons (Fsp3) is 0.167. The Morgan fingerprint density at radius 3 is 2.67 bits per heavy atom. The molecule has 1 aromatic heterocycles. The number of urea groups is 1. The van der Waals surface area contributed by atoms with Gasteiger partial charge in [0.2, 0.25) is 0 Å². The Morgan fingerprint density at radius 1 is 1.11 bits per heavy atom. The molecule has 4 rings (SSSR count). The predicted molar refractivity (Wildman–Crippen MR) is 101 cm³/mol. The maximum atomic E-state index is 13.0. The van der Waals surface area contributed by atoms with Gasteiger partial charge in [0, 0.05) is 4.47 Å². The highest BCUT2D eigenvalue weighted by Gasteiger charge is 2.49. The average Bonchev–Trinajstić information content (AvgIpc) is 2.88. The van der Waals surface area contributed by atoms with Gasteiger partial charge in [0.15, 0.2) is 0 Å². The van der Waals surface area contributed by atoms with Crippen molar-refractivity contribution in [1.29, 1.82) is 0 Å². The first-order valence-electron chi connectivity index (χ1n) is 8.13. The number of benzene rings is 2. The molecule has 0 radical (unpaired) electrons. The molecule has 1 aliphatic heterocycles. The number of hydrogen-bond donors (Lipinski definition) is 1. The molecule has 0 spiro atoms. The van der Waals surface area contributed by atoms with Crippen LogP contribution in [0.2, 0.25) is 0 Å². The highest BCUT2D eigenvalue weighted by molar-refractivity contribution is 9.10. The van der Waals surface area contributed by atoms with Crippen LogP contribution in [0.1, 0.15) is 12.5 Å². The molecule has 27 heavy (non-hydrogen) atoms. The van der Waals surface area contributed by atoms with Crippen LogP contribution in [0.25, 0.3) is 10.9 Å². The van der Waals surface area contributed by atoms with Crippen LogP contribution in [-0.2, 0) is 17.0 Å². The van der Waals surface area contributed by atoms with Crippen molar-refractivity contribution in [2.45, 2.75) is 19.1 Å². The Morgan fingerprint density at radius 2 is 1.89 bits per heavy atom. The van der Waals surface area contributed by atoms with Crippen molar-refractivity contribution in [3.63, 3.8) is 0 Å². The zero-order valence-corrected chi connectivity index (χ0v) is 15.8. The number of hydrogen-bond acceptors (Lipinski definition) is 5. The Balaban J connectivity index is 1.69. The SMILES string of the molecule is C[C@@]1(c2cccc(Br)c2)NC(=O)N(Cn2nnc3ccccc3c2=O)C1=O. The minimum Gasteiger partial charge on any atom is -0.319 e. The largest absolute Gasteiger partial charge is 0.326 e. The average molecular weight is 428 g/mol. The van der Waals surface area contributed by atoms with E-state index in [1.165, 1.54) is 0 Å². The third-order valence-electron chi connectivity index (χ3n) is 4.58. The van der Waals surface area contributed by atoms with Crippen molar-refractivity contribution in [2.24, 2.45) is 0 Å². The smallest absolute Gasteiger partial charge is 0.319 e. The van der Waals surface area contributed by atoms with Crippen LogP contribution in [-0.4, -0.2) is 31.8 Å². The molecular weight excluding hydrogens is 414 g/mol. The number of rotatable bonds is 3. The van der Waals surface area contributed by atoms with E-state index in [2.05, 4.69) is 31.6 Å². The topological polar surface area (TPSA) is 97.2 Å². The van der Waals surface area contributed by atoms with E-state index in [0.29, 0.717) is 16.5 Å². The van der Waals surface area contributed by atoms with Gasteiger partial charge in [0.25, 0.3) is 11.5 Å². The summed E-state index contributed by atoms with van der Waals surface area (Å²) in [5.74, 6) is -0.465. The van der Waals surface area contributed by atoms with Crippen molar-refractivity contribution in [3.8, 4) is 0 Å². The van der Waals surface area contributed by atoms with Gasteiger partial charge in [-0.25, -0.2) is 9.69 Å². The number of aromatic nitrogens is 3. The van der Waals surface area contributed by atoms with Crippen molar-refractivity contribution in [2.75, 3.05) is 0 Å². The van der Waals surface area contributed by atoms with Crippen molar-refractivity contribution in [3.05, 3.63) is 68.9 Å². The van der Waals surface area contributed by atoms with Crippen molar-refractivity contribution < 1.29 is 9.59 Å². The lowest BCUT2D eigenvalue weighted by Crippen LogP contribution is -2.42. The second-order valence-electron chi connectivity index (χ2n) is 6.35. The van der Waals surface area contributed by atoms with E-state index in [1.807, 2.05) is 6.07 Å². The predicted octanol–water partition coefficient (Wildman–Crippen LogP) is 1.98. The lowest BCUT2D eigenvalue weighted by molar-refractivity contribution is -0.132. The Bertz CT molecular complexity index is 1150. The van der Waals surface area contributed by atoms with Gasteiger partial charge in [-0.2, -0.15) is 4.68 Å². The number of nitrogens with one attached hydrogen (secondary N) is 1. The molecule has 1 aliphatic rings. The van der Waals surface area contributed by atoms with Crippen LogP contribution in [0.3, 0.4) is 0 Å². The number of imide groups is 1. The Kier molecular flexibility index (Phi) is 4.03. The highest BCUT2D eigenvalue weighted by atomic mass is 79.9. The van der Waals surface area contributed by atoms with Crippen molar-refractivity contribution in [1.82, 2.24) is 25.2 Å². The molecule has 3 aromatic rings. The number of carbonyl (C=O) groups is 2. The number of halogens is 1. The van der Waals surface area contributed by atoms with Crippen LogP contribution in [0, 0.1) is 0 Å². The summed E-state index contributed by atoms with van der Waals surface area (Å²) < 4.78 is 1.80. The molecule has 0 unspecified atom stereocenters. The maximum absolute atomic E-state index is 13.0. The Labute approximate surface area is 161 Å². The summed E-state index contributed by atoms with van der Waals surface area (Å²) in [5, 5.41) is 10.9. The van der Waals surface area contributed by atoms with E-state index < -0.39 is 23.0 Å². The number of amides is 3. The molecular formula is C18H14BrN5O3. The van der Waals surface area contributed by atoms with Gasteiger partial charge in [-0.1, -0.05) is 45.4 Å². The lowest BCUT2D eigenvalue weighted by atomic mass is 9.92. The van der Waals surface area contributed by atoms with E-state index in [1.54, 1.807) is 49.4 Å². The first-order valence-corrected chi connectivity index (χ1v) is 8.92. The molecule has 0 bridgehead atoms. The second kappa shape index (κ2) is 6.27. The summed E-state index contributed by atoms with van der Waals surface area (Å²) in [7, 11) is 0. The quantitative estimate of drug-likeness (QED) is 0.644. The van der Waals surface area contributed by atoms with Crippen LogP contribution in [0.4, 0.5) is 4.79 Å². The second-order valence-corrected chi connectivity index (χ2v) is 7.27. The number of nitrogens with zero attached hydrogens (tertiary/aromatic N) is 4. The molecule has 8 nitrogen and oxygen atoms in total. The van der Waals surface area contributed by atoms with Crippen LogP contribution >= 0.6 is 15.9 Å². The standard InChI is InChI=1S/C18H14BrN5O3/c1-18(11-5-4-6-12(19)9-11)16(26)23(17(27)20-18)10-24-15(25)13-7-2-3-8-14(13)21-22-24/h2-9H,10H2,1H3,(H,20,27)/t18-/m0/s1. The van der Waals surface area contributed by atoms with Crippen LogP contribution in [0.15, 0.2) is 57.8 Å². The van der Waals surface area contributed by atoms with Crippen molar-refractivity contribution >= 4 is 38.8 Å². The fourth-order valence-corrected chi connectivity index (χ4v) is 3.47. The van der Waals surface area contributed by atoms with E-state index in [0.717, 1.165) is 14.1 Å². The summed E-state index contributed by atoms with van der Waals surface area (Å²) in [6.07, 6.45) is 0. The monoisotopic (exact) mass is 427 g/mol. The third kappa shape index (κ3) is 2.80. The molecule has 0 aliphatic carbocycles. The molecule has 1 atom stereocenters. The van der Waals surface area contributed by atoms with Gasteiger partial charge < -0.3 is 5.32 Å². The van der Waals surface area contributed by atoms with E-state index in [4.69, 9.17) is 0 Å². The zero-order valence-electron chi connectivity index (χ0n) is 14.2. The molecule has 136 valence electrons. The fourth-order valence-electron chi connectivity index (χ4n) is 3.07. The molecule has 1 saturated heterocycles. The Hall–Kier alpha value is -3.07. The van der Waals surface area contributed by atoms with Gasteiger partial charge in [0.05, 0.1) is 5.39 Å². The summed E-state index contributed by atoms with van der Waals surface area (Å²) in [6.45, 7) is 1.31. The molecule has 3 amide bonds. The van der Waals surface area contributed by atoms with Gasteiger partial charge in [-0.05, 0) is 36.8 Å². The van der Waals surface area contributed by atoms with E-state index in [9.17, 15) is 14.4 Å². The highest BCUT2D eigenvalue weighted by Crippen LogP contribution is 2.30. The number of carbonyl (C=O) groups excluding carboxylic acids is 2. The van der Waals surface area contributed by atoms with E-state index in [-0.39, 0.29) is 6.67 Å². The molecule has 1 N–H and O–H groups in total. The minimum atomic E-state index is -1.23. The lowest BCUT2D eigenvalue weighted by Gasteiger charge is -2.22. The molecule has 2 heterocycles. The molecule has 9 heteroatoms. The molecule has 0 saturated carbocycles. The summed E-state index contributed by atoms with van der Waals surface area (Å²) >= 11 is 3.37.